The Balaban J connectivity index is 2.13. The minimum Gasteiger partial charge on any atom is -0.433 e. The zero-order chi connectivity index (χ0) is 13.0. The van der Waals surface area contributed by atoms with Crippen molar-refractivity contribution >= 4 is 17.0 Å². The summed E-state index contributed by atoms with van der Waals surface area (Å²) in [6, 6.07) is 10.7. The molecule has 1 heterocycles. The summed E-state index contributed by atoms with van der Waals surface area (Å²) >= 11 is 1.62. The van der Waals surface area contributed by atoms with Crippen LogP contribution in [0.15, 0.2) is 41.8 Å². The molecule has 0 aliphatic rings. The van der Waals surface area contributed by atoms with Gasteiger partial charge in [0, 0.05) is 4.88 Å². The van der Waals surface area contributed by atoms with Gasteiger partial charge in [-0.2, -0.15) is 8.78 Å². The van der Waals surface area contributed by atoms with Gasteiger partial charge in [-0.3, -0.25) is 0 Å². The summed E-state index contributed by atoms with van der Waals surface area (Å²) in [5, 5.41) is 5.15. The van der Waals surface area contributed by atoms with Crippen LogP contribution in [0, 0.1) is 0 Å². The van der Waals surface area contributed by atoms with Gasteiger partial charge in [0.1, 0.15) is 5.75 Å². The van der Waals surface area contributed by atoms with Crippen LogP contribution in [0.1, 0.15) is 17.8 Å². The van der Waals surface area contributed by atoms with E-state index in [9.17, 15) is 8.78 Å². The molecule has 1 unspecified atom stereocenters. The fourth-order valence-corrected chi connectivity index (χ4v) is 2.36. The van der Waals surface area contributed by atoms with E-state index >= 15 is 0 Å². The SMILES string of the molecule is CC(Nc1ccccc1OC(F)F)c1cccs1. The summed E-state index contributed by atoms with van der Waals surface area (Å²) in [6.45, 7) is -0.838. The van der Waals surface area contributed by atoms with Crippen molar-refractivity contribution in [2.45, 2.75) is 19.6 Å². The van der Waals surface area contributed by atoms with Crippen molar-refractivity contribution in [3.63, 3.8) is 0 Å². The van der Waals surface area contributed by atoms with Crippen LogP contribution in [-0.4, -0.2) is 6.61 Å². The number of nitrogens with one attached hydrogen (secondary N) is 1. The number of anilines is 1. The Labute approximate surface area is 108 Å². The van der Waals surface area contributed by atoms with Crippen LogP contribution in [0.2, 0.25) is 0 Å². The van der Waals surface area contributed by atoms with E-state index < -0.39 is 6.61 Å². The molecule has 2 aromatic rings. The molecule has 2 rings (SSSR count). The molecule has 0 bridgehead atoms. The first-order valence-corrected chi connectivity index (χ1v) is 6.38. The van der Waals surface area contributed by atoms with Crippen molar-refractivity contribution in [2.75, 3.05) is 5.32 Å². The van der Waals surface area contributed by atoms with Gasteiger partial charge < -0.3 is 10.1 Å². The van der Waals surface area contributed by atoms with Crippen LogP contribution in [0.4, 0.5) is 14.5 Å². The highest BCUT2D eigenvalue weighted by Crippen LogP contribution is 2.30. The van der Waals surface area contributed by atoms with Crippen LogP contribution >= 0.6 is 11.3 Å². The zero-order valence-electron chi connectivity index (χ0n) is 9.77. The lowest BCUT2D eigenvalue weighted by Crippen LogP contribution is -2.09. The predicted octanol–water partition coefficient (Wildman–Crippen LogP) is 4.52. The third kappa shape index (κ3) is 3.20. The lowest BCUT2D eigenvalue weighted by Gasteiger charge is -2.17. The Morgan fingerprint density at radius 3 is 2.61 bits per heavy atom. The van der Waals surface area contributed by atoms with Crippen LogP contribution in [0.25, 0.3) is 0 Å². The second-order valence-corrected chi connectivity index (χ2v) is 4.74. The van der Waals surface area contributed by atoms with Crippen molar-refractivity contribution in [1.82, 2.24) is 0 Å². The molecule has 1 aromatic heterocycles. The molecule has 5 heteroatoms. The monoisotopic (exact) mass is 269 g/mol. The van der Waals surface area contributed by atoms with Crippen molar-refractivity contribution in [3.8, 4) is 5.75 Å². The number of thiophene rings is 1. The largest absolute Gasteiger partial charge is 0.433 e. The Kier molecular flexibility index (Phi) is 4.15. The maximum Gasteiger partial charge on any atom is 0.387 e. The minimum atomic E-state index is -2.81. The average Bonchev–Trinajstić information content (AvgIpc) is 2.84. The van der Waals surface area contributed by atoms with Crippen LogP contribution in [0.3, 0.4) is 0 Å². The molecule has 0 saturated heterocycles. The van der Waals surface area contributed by atoms with E-state index in [0.29, 0.717) is 5.69 Å². The number of rotatable bonds is 5. The van der Waals surface area contributed by atoms with Gasteiger partial charge in [-0.05, 0) is 30.5 Å². The molecule has 18 heavy (non-hydrogen) atoms. The number of hydrogen-bond acceptors (Lipinski definition) is 3. The number of ether oxygens (including phenoxy) is 1. The number of para-hydroxylation sites is 2. The summed E-state index contributed by atoms with van der Waals surface area (Å²) in [5.41, 5.74) is 0.568. The van der Waals surface area contributed by atoms with Gasteiger partial charge in [0.15, 0.2) is 0 Å². The van der Waals surface area contributed by atoms with Gasteiger partial charge in [-0.1, -0.05) is 18.2 Å². The molecule has 0 amide bonds. The smallest absolute Gasteiger partial charge is 0.387 e. The lowest BCUT2D eigenvalue weighted by atomic mass is 10.2. The first-order valence-electron chi connectivity index (χ1n) is 5.50. The summed E-state index contributed by atoms with van der Waals surface area (Å²) in [6.07, 6.45) is 0. The molecule has 1 atom stereocenters. The van der Waals surface area contributed by atoms with Crippen LogP contribution in [-0.2, 0) is 0 Å². The van der Waals surface area contributed by atoms with Gasteiger partial charge in [0.25, 0.3) is 0 Å². The molecular weight excluding hydrogens is 256 g/mol. The fraction of sp³-hybridized carbons (Fsp3) is 0.231. The van der Waals surface area contributed by atoms with E-state index in [-0.39, 0.29) is 11.8 Å². The van der Waals surface area contributed by atoms with E-state index in [4.69, 9.17) is 0 Å². The van der Waals surface area contributed by atoms with Gasteiger partial charge >= 0.3 is 6.61 Å². The maximum absolute atomic E-state index is 12.3. The molecule has 0 radical (unpaired) electrons. The van der Waals surface area contributed by atoms with E-state index in [2.05, 4.69) is 10.1 Å². The molecule has 0 aliphatic heterocycles. The van der Waals surface area contributed by atoms with E-state index in [1.165, 1.54) is 6.07 Å². The first kappa shape index (κ1) is 12.8. The van der Waals surface area contributed by atoms with E-state index in [0.717, 1.165) is 4.88 Å². The third-order valence-corrected chi connectivity index (χ3v) is 3.50. The molecule has 0 saturated carbocycles. The Morgan fingerprint density at radius 1 is 1.17 bits per heavy atom. The Hall–Kier alpha value is -1.62. The number of hydrogen-bond donors (Lipinski definition) is 1. The van der Waals surface area contributed by atoms with Crippen molar-refractivity contribution in [3.05, 3.63) is 46.7 Å². The molecule has 0 fully saturated rings. The fourth-order valence-electron chi connectivity index (χ4n) is 1.63. The van der Waals surface area contributed by atoms with Crippen molar-refractivity contribution in [1.29, 1.82) is 0 Å². The zero-order valence-corrected chi connectivity index (χ0v) is 10.6. The standard InChI is InChI=1S/C13H13F2NOS/c1-9(12-7-4-8-18-12)16-10-5-2-3-6-11(10)17-13(14)15/h2-9,13,16H,1H3. The highest BCUT2D eigenvalue weighted by atomic mass is 32.1. The maximum atomic E-state index is 12.3. The average molecular weight is 269 g/mol. The molecular formula is C13H13F2NOS. The highest BCUT2D eigenvalue weighted by Gasteiger charge is 2.12. The van der Waals surface area contributed by atoms with Crippen molar-refractivity contribution < 1.29 is 13.5 Å². The second-order valence-electron chi connectivity index (χ2n) is 3.76. The quantitative estimate of drug-likeness (QED) is 0.861. The molecule has 1 N–H and O–H groups in total. The summed E-state index contributed by atoms with van der Waals surface area (Å²) in [5.74, 6) is 0.163. The van der Waals surface area contributed by atoms with Gasteiger partial charge in [-0.25, -0.2) is 0 Å². The minimum absolute atomic E-state index is 0.0485. The summed E-state index contributed by atoms with van der Waals surface area (Å²) in [4.78, 5) is 1.14. The van der Waals surface area contributed by atoms with Gasteiger partial charge in [-0.15, -0.1) is 11.3 Å². The second kappa shape index (κ2) is 5.82. The normalized spacial score (nSPS) is 12.4. The topological polar surface area (TPSA) is 21.3 Å². The van der Waals surface area contributed by atoms with E-state index in [1.807, 2.05) is 24.4 Å². The molecule has 2 nitrogen and oxygen atoms in total. The van der Waals surface area contributed by atoms with Crippen molar-refractivity contribution in [2.24, 2.45) is 0 Å². The predicted molar refractivity (Wildman–Crippen MR) is 69.4 cm³/mol. The van der Waals surface area contributed by atoms with Crippen LogP contribution < -0.4 is 10.1 Å². The van der Waals surface area contributed by atoms with Gasteiger partial charge in [0.05, 0.1) is 11.7 Å². The lowest BCUT2D eigenvalue weighted by molar-refractivity contribution is -0.0493. The third-order valence-electron chi connectivity index (χ3n) is 2.45. The molecule has 0 spiro atoms. The summed E-state index contributed by atoms with van der Waals surface area (Å²) in [7, 11) is 0. The molecule has 0 aliphatic carbocycles. The summed E-state index contributed by atoms with van der Waals surface area (Å²) < 4.78 is 29.0. The number of halogens is 2. The number of alkyl halides is 2. The van der Waals surface area contributed by atoms with Crippen LogP contribution in [0.5, 0.6) is 5.75 Å². The Bertz CT molecular complexity index is 487. The van der Waals surface area contributed by atoms with Gasteiger partial charge in [0.2, 0.25) is 0 Å². The molecule has 96 valence electrons. The number of benzene rings is 1. The molecule has 1 aromatic carbocycles. The Morgan fingerprint density at radius 2 is 1.94 bits per heavy atom. The van der Waals surface area contributed by atoms with E-state index in [1.54, 1.807) is 29.5 Å². The highest BCUT2D eigenvalue weighted by molar-refractivity contribution is 7.10. The first-order chi connectivity index (χ1) is 8.66.